The highest BCUT2D eigenvalue weighted by Gasteiger charge is 2.27. The molecule has 1 aliphatic rings. The summed E-state index contributed by atoms with van der Waals surface area (Å²) in [4.78, 5) is 25.4. The third kappa shape index (κ3) is 6.85. The van der Waals surface area contributed by atoms with E-state index >= 15 is 0 Å². The monoisotopic (exact) mass is 496 g/mol. The number of carbonyl (C=O) groups excluding carboxylic acids is 1. The largest absolute Gasteiger partial charge is 0.451 e. The van der Waals surface area contributed by atoms with Gasteiger partial charge < -0.3 is 19.3 Å². The predicted molar refractivity (Wildman–Crippen MR) is 135 cm³/mol. The molecule has 4 rings (SSSR count). The summed E-state index contributed by atoms with van der Waals surface area (Å²) in [5, 5.41) is 0. The van der Waals surface area contributed by atoms with Gasteiger partial charge in [0.2, 0.25) is 0 Å². The number of piperazine rings is 1. The van der Waals surface area contributed by atoms with Gasteiger partial charge in [-0.3, -0.25) is 0 Å². The Hall–Kier alpha value is -3.33. The summed E-state index contributed by atoms with van der Waals surface area (Å²) >= 11 is 1.51. The van der Waals surface area contributed by atoms with Crippen molar-refractivity contribution in [2.75, 3.05) is 31.1 Å². The van der Waals surface area contributed by atoms with Gasteiger partial charge >= 0.3 is 6.09 Å². The van der Waals surface area contributed by atoms with Crippen molar-refractivity contribution in [1.82, 2.24) is 14.9 Å². The number of thioether (sulfide) groups is 1. The van der Waals surface area contributed by atoms with Gasteiger partial charge in [0.25, 0.3) is 0 Å². The summed E-state index contributed by atoms with van der Waals surface area (Å²) in [5.74, 6) is 2.01. The van der Waals surface area contributed by atoms with Gasteiger partial charge in [-0.05, 0) is 44.5 Å². The summed E-state index contributed by atoms with van der Waals surface area (Å²) in [6, 6.07) is 14.5. The highest BCUT2D eigenvalue weighted by atomic mass is 32.2. The molecule has 1 fully saturated rings. The Kier molecular flexibility index (Phi) is 7.75. The van der Waals surface area contributed by atoms with E-state index in [2.05, 4.69) is 14.9 Å². The topological polar surface area (TPSA) is 67.8 Å². The number of benzene rings is 2. The lowest BCUT2D eigenvalue weighted by molar-refractivity contribution is 0.0240. The highest BCUT2D eigenvalue weighted by Crippen LogP contribution is 2.37. The van der Waals surface area contributed by atoms with Crippen LogP contribution in [0.3, 0.4) is 0 Å². The molecule has 1 aromatic heterocycles. The third-order valence-corrected chi connectivity index (χ3v) is 6.36. The van der Waals surface area contributed by atoms with Gasteiger partial charge in [-0.1, -0.05) is 30.3 Å². The average Bonchev–Trinajstić information content (AvgIpc) is 2.84. The first-order valence-corrected chi connectivity index (χ1v) is 12.4. The number of ether oxygens (including phenoxy) is 2. The predicted octanol–water partition coefficient (Wildman–Crippen LogP) is 5.76. The van der Waals surface area contributed by atoms with Crippen LogP contribution in [0.25, 0.3) is 0 Å². The lowest BCUT2D eigenvalue weighted by Crippen LogP contribution is -2.50. The molecule has 1 saturated heterocycles. The molecule has 0 aliphatic carbocycles. The zero-order valence-corrected chi connectivity index (χ0v) is 20.9. The highest BCUT2D eigenvalue weighted by molar-refractivity contribution is 7.98. The lowest BCUT2D eigenvalue weighted by atomic mass is 10.2. The number of nitrogens with zero attached hydrogens (tertiary/aromatic N) is 4. The second kappa shape index (κ2) is 10.9. The van der Waals surface area contributed by atoms with Crippen molar-refractivity contribution in [3.8, 4) is 11.5 Å². The molecule has 1 amide bonds. The van der Waals surface area contributed by atoms with Crippen LogP contribution >= 0.6 is 11.8 Å². The molecule has 0 N–H and O–H groups in total. The molecule has 2 aromatic carbocycles. The van der Waals surface area contributed by atoms with E-state index in [1.807, 2.05) is 51.1 Å². The first-order chi connectivity index (χ1) is 16.8. The molecule has 9 heteroatoms. The minimum absolute atomic E-state index is 0.317. The summed E-state index contributed by atoms with van der Waals surface area (Å²) in [6.45, 7) is 7.73. The van der Waals surface area contributed by atoms with Gasteiger partial charge in [-0.2, -0.15) is 0 Å². The van der Waals surface area contributed by atoms with Gasteiger partial charge in [0.15, 0.2) is 11.6 Å². The molecule has 35 heavy (non-hydrogen) atoms. The quantitative estimate of drug-likeness (QED) is 0.402. The van der Waals surface area contributed by atoms with Gasteiger partial charge in [0, 0.05) is 31.9 Å². The molecule has 0 atom stereocenters. The molecular weight excluding hydrogens is 467 g/mol. The van der Waals surface area contributed by atoms with E-state index in [1.165, 1.54) is 30.2 Å². The van der Waals surface area contributed by atoms with Crippen LogP contribution < -0.4 is 9.64 Å². The van der Waals surface area contributed by atoms with Crippen LogP contribution in [0.4, 0.5) is 15.0 Å². The fourth-order valence-corrected chi connectivity index (χ4v) is 4.54. The fraction of sp³-hybridized carbons (Fsp3) is 0.346. The Morgan fingerprint density at radius 1 is 1.06 bits per heavy atom. The number of rotatable bonds is 6. The van der Waals surface area contributed by atoms with Crippen LogP contribution in [0.15, 0.2) is 66.0 Å². The van der Waals surface area contributed by atoms with Crippen molar-refractivity contribution >= 4 is 23.7 Å². The maximum absolute atomic E-state index is 14.0. The Morgan fingerprint density at radius 2 is 1.80 bits per heavy atom. The zero-order valence-electron chi connectivity index (χ0n) is 20.1. The smallest absolute Gasteiger partial charge is 0.410 e. The van der Waals surface area contributed by atoms with E-state index in [-0.39, 0.29) is 11.9 Å². The summed E-state index contributed by atoms with van der Waals surface area (Å²) < 4.78 is 25.7. The first-order valence-electron chi connectivity index (χ1n) is 11.5. The number of hydrogen-bond acceptors (Lipinski definition) is 7. The second-order valence-electron chi connectivity index (χ2n) is 9.13. The molecule has 0 bridgehead atoms. The number of anilines is 1. The normalized spacial score (nSPS) is 14.1. The average molecular weight is 497 g/mol. The molecule has 1 aliphatic heterocycles. The molecule has 2 heterocycles. The molecule has 7 nitrogen and oxygen atoms in total. The summed E-state index contributed by atoms with van der Waals surface area (Å²) in [7, 11) is 0. The minimum atomic E-state index is -0.534. The van der Waals surface area contributed by atoms with Crippen LogP contribution in [-0.2, 0) is 10.5 Å². The van der Waals surface area contributed by atoms with Crippen LogP contribution in [0.5, 0.6) is 11.5 Å². The van der Waals surface area contributed by atoms with E-state index in [1.54, 1.807) is 17.2 Å². The van der Waals surface area contributed by atoms with Gasteiger partial charge in [0.1, 0.15) is 23.5 Å². The molecule has 3 aromatic rings. The van der Waals surface area contributed by atoms with E-state index in [0.29, 0.717) is 54.1 Å². The number of hydrogen-bond donors (Lipinski definition) is 0. The summed E-state index contributed by atoms with van der Waals surface area (Å²) in [5.41, 5.74) is 0.604. The second-order valence-corrected chi connectivity index (χ2v) is 10.1. The number of carbonyl (C=O) groups is 1. The molecule has 0 saturated carbocycles. The fourth-order valence-electron chi connectivity index (χ4n) is 3.58. The number of aromatic nitrogens is 2. The van der Waals surface area contributed by atoms with Gasteiger partial charge in [-0.15, -0.1) is 11.8 Å². The summed E-state index contributed by atoms with van der Waals surface area (Å²) in [6.07, 6.45) is 2.76. The standard InChI is InChI=1S/C26H29FN4O3S/c1-26(2,3)34-25(32)31-13-11-30(12-14-31)24-22(16-28-18-29-24)33-21-10-9-20(27)15-23(21)35-17-19-7-5-4-6-8-19/h4-10,15-16,18H,11-14,17H2,1-3H3. The zero-order chi connectivity index (χ0) is 24.8. The SMILES string of the molecule is CC(C)(C)OC(=O)N1CCN(c2ncncc2Oc2ccc(F)cc2SCc2ccccc2)CC1. The van der Waals surface area contributed by atoms with Crippen molar-refractivity contribution in [1.29, 1.82) is 0 Å². The number of halogens is 1. The Morgan fingerprint density at radius 3 is 2.51 bits per heavy atom. The van der Waals surface area contributed by atoms with E-state index in [4.69, 9.17) is 9.47 Å². The molecule has 0 spiro atoms. The van der Waals surface area contributed by atoms with E-state index in [0.717, 1.165) is 5.56 Å². The maximum atomic E-state index is 14.0. The first kappa shape index (κ1) is 24.8. The Balaban J connectivity index is 1.46. The van der Waals surface area contributed by atoms with Crippen LogP contribution in [-0.4, -0.2) is 52.7 Å². The van der Waals surface area contributed by atoms with Crippen molar-refractivity contribution in [2.24, 2.45) is 0 Å². The third-order valence-electron chi connectivity index (χ3n) is 5.25. The Bertz CT molecular complexity index is 1150. The Labute approximate surface area is 209 Å². The van der Waals surface area contributed by atoms with Crippen molar-refractivity contribution in [2.45, 2.75) is 37.0 Å². The number of amides is 1. The molecule has 0 unspecified atom stereocenters. The van der Waals surface area contributed by atoms with Gasteiger partial charge in [0.05, 0.1) is 11.1 Å². The minimum Gasteiger partial charge on any atom is -0.451 e. The van der Waals surface area contributed by atoms with Crippen molar-refractivity contribution in [3.63, 3.8) is 0 Å². The van der Waals surface area contributed by atoms with Gasteiger partial charge in [-0.25, -0.2) is 19.2 Å². The molecule has 0 radical (unpaired) electrons. The maximum Gasteiger partial charge on any atom is 0.410 e. The van der Waals surface area contributed by atoms with Crippen molar-refractivity contribution in [3.05, 3.63) is 72.4 Å². The van der Waals surface area contributed by atoms with Crippen LogP contribution in [0, 0.1) is 5.82 Å². The van der Waals surface area contributed by atoms with Crippen LogP contribution in [0.2, 0.25) is 0 Å². The lowest BCUT2D eigenvalue weighted by Gasteiger charge is -2.36. The van der Waals surface area contributed by atoms with Crippen molar-refractivity contribution < 1.29 is 18.7 Å². The molecular formula is C26H29FN4O3S. The van der Waals surface area contributed by atoms with Crippen LogP contribution in [0.1, 0.15) is 26.3 Å². The molecule has 184 valence electrons. The van der Waals surface area contributed by atoms with E-state index in [9.17, 15) is 9.18 Å². The van der Waals surface area contributed by atoms with E-state index < -0.39 is 5.60 Å².